The van der Waals surface area contributed by atoms with E-state index >= 15 is 0 Å². The van der Waals surface area contributed by atoms with E-state index in [1.54, 1.807) is 28.6 Å². The van der Waals surface area contributed by atoms with Crippen molar-refractivity contribution in [3.8, 4) is 5.75 Å². The number of benzene rings is 1. The topological polar surface area (TPSA) is 84.0 Å². The van der Waals surface area contributed by atoms with Gasteiger partial charge >= 0.3 is 0 Å². The monoisotopic (exact) mass is 402 g/mol. The van der Waals surface area contributed by atoms with Crippen molar-refractivity contribution >= 4 is 21.8 Å². The zero-order valence-electron chi connectivity index (χ0n) is 15.6. The number of carbonyl (C=O) groups excluding carboxylic acids is 2. The number of likely N-dealkylation sites (tertiary alicyclic amines) is 1. The van der Waals surface area contributed by atoms with E-state index in [0.29, 0.717) is 25.1 Å². The van der Waals surface area contributed by atoms with E-state index in [0.717, 1.165) is 18.4 Å². The molecule has 2 saturated heterocycles. The van der Waals surface area contributed by atoms with Gasteiger partial charge in [-0.15, -0.1) is 0 Å². The molecule has 3 aliphatic heterocycles. The molecule has 1 aliphatic carbocycles. The normalized spacial score (nSPS) is 34.2. The predicted octanol–water partition coefficient (Wildman–Crippen LogP) is 1.55. The van der Waals surface area contributed by atoms with Gasteiger partial charge < -0.3 is 4.74 Å². The van der Waals surface area contributed by atoms with Gasteiger partial charge in [-0.3, -0.25) is 14.5 Å². The smallest absolute Gasteiger partial charge is 0.247 e. The summed E-state index contributed by atoms with van der Waals surface area (Å²) in [5.74, 6) is -0.585. The van der Waals surface area contributed by atoms with E-state index in [4.69, 9.17) is 4.74 Å². The van der Waals surface area contributed by atoms with Crippen LogP contribution in [-0.2, 0) is 19.6 Å². The Morgan fingerprint density at radius 2 is 1.86 bits per heavy atom. The Kier molecular flexibility index (Phi) is 3.93. The fraction of sp³-hybridized carbons (Fsp3) is 0.500. The van der Waals surface area contributed by atoms with E-state index in [1.807, 2.05) is 6.08 Å². The van der Waals surface area contributed by atoms with Crippen LogP contribution < -0.4 is 4.74 Å². The van der Waals surface area contributed by atoms with Crippen LogP contribution in [0.15, 0.2) is 40.8 Å². The second-order valence-corrected chi connectivity index (χ2v) is 9.84. The van der Waals surface area contributed by atoms with Crippen LogP contribution in [0.25, 0.3) is 0 Å². The second-order valence-electron chi connectivity index (χ2n) is 7.98. The maximum Gasteiger partial charge on any atom is 0.247 e. The minimum Gasteiger partial charge on any atom is -0.483 e. The summed E-state index contributed by atoms with van der Waals surface area (Å²) in [5, 5.41) is 0. The number of amides is 2. The lowest BCUT2D eigenvalue weighted by molar-refractivity contribution is -0.138. The molecule has 0 spiro atoms. The zero-order chi connectivity index (χ0) is 19.6. The lowest BCUT2D eigenvalue weighted by Crippen LogP contribution is -2.44. The first kappa shape index (κ1) is 17.9. The number of hydrogen-bond acceptors (Lipinski definition) is 5. The molecule has 0 radical (unpaired) electrons. The molecular formula is C20H22N2O5S. The van der Waals surface area contributed by atoms with E-state index in [9.17, 15) is 18.0 Å². The van der Waals surface area contributed by atoms with Crippen LogP contribution in [0.2, 0.25) is 0 Å². The third-order valence-electron chi connectivity index (χ3n) is 6.52. The number of nitrogens with zero attached hydrogens (tertiary/aromatic N) is 2. The Balaban J connectivity index is 1.55. The standard InChI is InChI=1S/C20H22N2O5S/c1-21-19(23)13-9-8-12(11-14(13)20(21)24)18-15-5-4-10-22(15)28(25,26)17-7-3-2-6-16(17)27-18/h2-3,6-8,13-15,18H,4-5,9-11H2,1H3/t13?,14?,15-,18+/m0/s1. The molecule has 1 aromatic carbocycles. The van der Waals surface area contributed by atoms with E-state index in [2.05, 4.69) is 0 Å². The molecule has 4 aliphatic rings. The van der Waals surface area contributed by atoms with Gasteiger partial charge in [0, 0.05) is 13.6 Å². The van der Waals surface area contributed by atoms with Gasteiger partial charge in [0.15, 0.2) is 0 Å². The van der Waals surface area contributed by atoms with Gasteiger partial charge in [0.25, 0.3) is 0 Å². The summed E-state index contributed by atoms with van der Waals surface area (Å²) in [6.07, 6.45) is 4.00. The molecule has 5 rings (SSSR count). The van der Waals surface area contributed by atoms with Crippen molar-refractivity contribution in [2.75, 3.05) is 13.6 Å². The summed E-state index contributed by atoms with van der Waals surface area (Å²) in [4.78, 5) is 26.2. The first-order valence-electron chi connectivity index (χ1n) is 9.67. The van der Waals surface area contributed by atoms with Crippen LogP contribution in [0.1, 0.15) is 25.7 Å². The molecule has 1 aromatic rings. The number of ether oxygens (including phenoxy) is 1. The second kappa shape index (κ2) is 6.15. The maximum absolute atomic E-state index is 13.2. The van der Waals surface area contributed by atoms with Crippen molar-refractivity contribution in [2.24, 2.45) is 11.8 Å². The molecule has 0 N–H and O–H groups in total. The summed E-state index contributed by atoms with van der Waals surface area (Å²) < 4.78 is 34.2. The first-order chi connectivity index (χ1) is 13.4. The van der Waals surface area contributed by atoms with Crippen LogP contribution in [0.4, 0.5) is 0 Å². The highest BCUT2D eigenvalue weighted by atomic mass is 32.2. The van der Waals surface area contributed by atoms with Gasteiger partial charge in [0.2, 0.25) is 21.8 Å². The van der Waals surface area contributed by atoms with Crippen LogP contribution >= 0.6 is 0 Å². The number of hydrogen-bond donors (Lipinski definition) is 0. The molecule has 3 heterocycles. The first-order valence-corrected chi connectivity index (χ1v) is 11.1. The van der Waals surface area contributed by atoms with E-state index in [-0.39, 0.29) is 34.6 Å². The number of rotatable bonds is 1. The summed E-state index contributed by atoms with van der Waals surface area (Å²) in [6, 6.07) is 6.45. The Bertz CT molecular complexity index is 1000. The highest BCUT2D eigenvalue weighted by Crippen LogP contribution is 2.44. The van der Waals surface area contributed by atoms with Crippen LogP contribution in [0.5, 0.6) is 5.75 Å². The Labute approximate surface area is 164 Å². The number of allylic oxidation sites excluding steroid dienone is 1. The number of fused-ring (bicyclic) bond motifs is 3. The highest BCUT2D eigenvalue weighted by molar-refractivity contribution is 7.89. The van der Waals surface area contributed by atoms with Crippen molar-refractivity contribution in [3.63, 3.8) is 0 Å². The highest BCUT2D eigenvalue weighted by Gasteiger charge is 2.51. The Hall–Kier alpha value is -2.19. The fourth-order valence-corrected chi connectivity index (χ4v) is 6.90. The van der Waals surface area contributed by atoms with Crippen molar-refractivity contribution in [1.29, 1.82) is 0 Å². The van der Waals surface area contributed by atoms with E-state index in [1.165, 1.54) is 11.9 Å². The van der Waals surface area contributed by atoms with Crippen molar-refractivity contribution < 1.29 is 22.7 Å². The fourth-order valence-electron chi connectivity index (χ4n) is 5.08. The van der Waals surface area contributed by atoms with Gasteiger partial charge in [0.05, 0.1) is 17.9 Å². The number of sulfonamides is 1. The Morgan fingerprint density at radius 3 is 2.68 bits per heavy atom. The molecule has 7 nitrogen and oxygen atoms in total. The van der Waals surface area contributed by atoms with Gasteiger partial charge in [-0.1, -0.05) is 18.2 Å². The van der Waals surface area contributed by atoms with Crippen molar-refractivity contribution in [2.45, 2.75) is 42.7 Å². The SMILES string of the molecule is CN1C(=O)C2CC=C([C@H]3Oc4ccccc4S(=O)(=O)N4CCC[C@@H]34)CC2C1=O. The molecule has 0 aromatic heterocycles. The minimum atomic E-state index is -3.62. The predicted molar refractivity (Wildman–Crippen MR) is 99.8 cm³/mol. The molecule has 0 bridgehead atoms. The van der Waals surface area contributed by atoms with Crippen LogP contribution in [0.3, 0.4) is 0 Å². The molecule has 4 atom stereocenters. The zero-order valence-corrected chi connectivity index (χ0v) is 16.4. The van der Waals surface area contributed by atoms with Crippen LogP contribution in [0, 0.1) is 11.8 Å². The molecule has 28 heavy (non-hydrogen) atoms. The molecule has 8 heteroatoms. The maximum atomic E-state index is 13.2. The van der Waals surface area contributed by atoms with Crippen LogP contribution in [-0.4, -0.2) is 55.2 Å². The lowest BCUT2D eigenvalue weighted by atomic mass is 9.78. The van der Waals surface area contributed by atoms with Crippen molar-refractivity contribution in [3.05, 3.63) is 35.9 Å². The summed E-state index contributed by atoms with van der Waals surface area (Å²) in [5.41, 5.74) is 0.932. The van der Waals surface area contributed by atoms with Gasteiger partial charge in [-0.05, 0) is 43.4 Å². The minimum absolute atomic E-state index is 0.123. The molecular weight excluding hydrogens is 380 g/mol. The number of carbonyl (C=O) groups is 2. The summed E-state index contributed by atoms with van der Waals surface area (Å²) >= 11 is 0. The third kappa shape index (κ3) is 2.40. The molecule has 0 saturated carbocycles. The van der Waals surface area contributed by atoms with Gasteiger partial charge in [-0.2, -0.15) is 4.31 Å². The summed E-state index contributed by atoms with van der Waals surface area (Å²) in [7, 11) is -2.09. The third-order valence-corrected chi connectivity index (χ3v) is 8.49. The quantitative estimate of drug-likeness (QED) is 0.526. The molecule has 2 fully saturated rings. The number of imide groups is 1. The number of para-hydroxylation sites is 1. The largest absolute Gasteiger partial charge is 0.483 e. The Morgan fingerprint density at radius 1 is 1.11 bits per heavy atom. The molecule has 148 valence electrons. The molecule has 2 amide bonds. The van der Waals surface area contributed by atoms with Gasteiger partial charge in [0.1, 0.15) is 16.7 Å². The average Bonchev–Trinajstić information content (AvgIpc) is 3.25. The lowest BCUT2D eigenvalue weighted by Gasteiger charge is -2.32. The summed E-state index contributed by atoms with van der Waals surface area (Å²) in [6.45, 7) is 0.473. The van der Waals surface area contributed by atoms with Crippen molar-refractivity contribution in [1.82, 2.24) is 9.21 Å². The van der Waals surface area contributed by atoms with E-state index < -0.39 is 16.1 Å². The van der Waals surface area contributed by atoms with Gasteiger partial charge in [-0.25, -0.2) is 8.42 Å². The molecule has 2 unspecified atom stereocenters. The average molecular weight is 402 g/mol.